The van der Waals surface area contributed by atoms with Gasteiger partial charge in [0.25, 0.3) is 5.91 Å². The molecule has 7 heteroatoms. The second kappa shape index (κ2) is 4.99. The average Bonchev–Trinajstić information content (AvgIpc) is 2.97. The van der Waals surface area contributed by atoms with Crippen molar-refractivity contribution < 1.29 is 9.21 Å². The summed E-state index contributed by atoms with van der Waals surface area (Å²) in [5, 5.41) is 9.26. The van der Waals surface area contributed by atoms with Gasteiger partial charge in [-0.25, -0.2) is 9.97 Å². The molecule has 18 heavy (non-hydrogen) atoms. The van der Waals surface area contributed by atoms with Gasteiger partial charge < -0.3 is 9.73 Å². The summed E-state index contributed by atoms with van der Waals surface area (Å²) >= 11 is 0. The van der Waals surface area contributed by atoms with E-state index in [1.165, 1.54) is 0 Å². The first-order valence-corrected chi connectivity index (χ1v) is 5.74. The van der Waals surface area contributed by atoms with Gasteiger partial charge in [-0.1, -0.05) is 6.92 Å². The number of carbonyl (C=O) groups excluding carboxylic acids is 1. The molecule has 2 heterocycles. The highest BCUT2D eigenvalue weighted by Crippen LogP contribution is 2.12. The summed E-state index contributed by atoms with van der Waals surface area (Å²) in [5.74, 6) is 1.63. The number of hydrogen-bond donors (Lipinski definition) is 2. The maximum Gasteiger partial charge on any atom is 0.291 e. The first-order chi connectivity index (χ1) is 8.60. The second-order valence-corrected chi connectivity index (χ2v) is 3.96. The fraction of sp³-hybridized carbons (Fsp3) is 0.455. The van der Waals surface area contributed by atoms with Gasteiger partial charge in [0.2, 0.25) is 11.7 Å². The highest BCUT2D eigenvalue weighted by molar-refractivity contribution is 5.90. The Kier molecular flexibility index (Phi) is 3.40. The van der Waals surface area contributed by atoms with E-state index < -0.39 is 0 Å². The Balaban J connectivity index is 2.02. The van der Waals surface area contributed by atoms with Crippen LogP contribution in [0, 0.1) is 6.92 Å². The first-order valence-electron chi connectivity index (χ1n) is 5.74. The van der Waals surface area contributed by atoms with Gasteiger partial charge in [0.1, 0.15) is 17.6 Å². The highest BCUT2D eigenvalue weighted by atomic mass is 16.4. The summed E-state index contributed by atoms with van der Waals surface area (Å²) in [5.41, 5.74) is 0. The van der Waals surface area contributed by atoms with Crippen LogP contribution < -0.4 is 5.32 Å². The van der Waals surface area contributed by atoms with Gasteiger partial charge in [-0.15, -0.1) is 5.10 Å². The van der Waals surface area contributed by atoms with E-state index in [-0.39, 0.29) is 17.8 Å². The van der Waals surface area contributed by atoms with E-state index >= 15 is 0 Å². The normalized spacial score (nSPS) is 12.4. The van der Waals surface area contributed by atoms with Crippen LogP contribution in [-0.2, 0) is 6.42 Å². The van der Waals surface area contributed by atoms with Crippen LogP contribution in [0.2, 0.25) is 0 Å². The molecule has 0 bridgehead atoms. The van der Waals surface area contributed by atoms with Gasteiger partial charge >= 0.3 is 0 Å². The predicted molar refractivity (Wildman–Crippen MR) is 62.9 cm³/mol. The van der Waals surface area contributed by atoms with E-state index in [1.54, 1.807) is 20.0 Å². The fourth-order valence-electron chi connectivity index (χ4n) is 1.45. The minimum atomic E-state index is -0.352. The van der Waals surface area contributed by atoms with Crippen LogP contribution in [0.15, 0.2) is 10.6 Å². The van der Waals surface area contributed by atoms with Crippen molar-refractivity contribution in [3.05, 3.63) is 29.5 Å². The summed E-state index contributed by atoms with van der Waals surface area (Å²) in [6.45, 7) is 5.52. The zero-order chi connectivity index (χ0) is 13.1. The smallest absolute Gasteiger partial charge is 0.291 e. The molecule has 2 aromatic rings. The Morgan fingerprint density at radius 3 is 2.94 bits per heavy atom. The standard InChI is InChI=1S/C11H15N5O2/c1-4-8-14-9(16-15-8)10(17)13-7(3)11-12-5-6(2)18-11/h5,7H,4H2,1-3H3,(H,13,17)(H,14,15,16). The number of amides is 1. The van der Waals surface area contributed by atoms with E-state index in [9.17, 15) is 4.79 Å². The Morgan fingerprint density at radius 1 is 1.61 bits per heavy atom. The molecule has 1 unspecified atom stereocenters. The quantitative estimate of drug-likeness (QED) is 0.847. The third-order valence-corrected chi connectivity index (χ3v) is 2.43. The van der Waals surface area contributed by atoms with Gasteiger partial charge in [-0.3, -0.25) is 9.89 Å². The zero-order valence-electron chi connectivity index (χ0n) is 10.5. The Hall–Kier alpha value is -2.18. The highest BCUT2D eigenvalue weighted by Gasteiger charge is 2.18. The number of oxazole rings is 1. The minimum Gasteiger partial charge on any atom is -0.444 e. The molecule has 0 aliphatic heterocycles. The third-order valence-electron chi connectivity index (χ3n) is 2.43. The van der Waals surface area contributed by atoms with E-state index in [2.05, 4.69) is 25.5 Å². The van der Waals surface area contributed by atoms with Crippen LogP contribution in [0.25, 0.3) is 0 Å². The second-order valence-electron chi connectivity index (χ2n) is 3.96. The molecule has 1 amide bonds. The number of aryl methyl sites for hydroxylation is 2. The van der Waals surface area contributed by atoms with Crippen molar-refractivity contribution in [1.82, 2.24) is 25.5 Å². The number of rotatable bonds is 4. The van der Waals surface area contributed by atoms with Crippen LogP contribution >= 0.6 is 0 Å². The van der Waals surface area contributed by atoms with Crippen molar-refractivity contribution in [2.24, 2.45) is 0 Å². The van der Waals surface area contributed by atoms with Crippen LogP contribution in [0.1, 0.15) is 48.0 Å². The zero-order valence-corrected chi connectivity index (χ0v) is 10.5. The average molecular weight is 249 g/mol. The number of nitrogens with one attached hydrogen (secondary N) is 2. The molecular weight excluding hydrogens is 234 g/mol. The van der Waals surface area contributed by atoms with Gasteiger partial charge in [0.15, 0.2) is 0 Å². The molecule has 2 aromatic heterocycles. The number of aromatic nitrogens is 4. The first kappa shape index (κ1) is 12.3. The lowest BCUT2D eigenvalue weighted by molar-refractivity contribution is 0.0923. The molecule has 0 aliphatic rings. The number of carbonyl (C=O) groups is 1. The fourth-order valence-corrected chi connectivity index (χ4v) is 1.45. The number of H-pyrrole nitrogens is 1. The van der Waals surface area contributed by atoms with Gasteiger partial charge in [0.05, 0.1) is 6.20 Å². The van der Waals surface area contributed by atoms with Crippen LogP contribution in [0.3, 0.4) is 0 Å². The molecule has 7 nitrogen and oxygen atoms in total. The van der Waals surface area contributed by atoms with Crippen molar-refractivity contribution >= 4 is 5.91 Å². The molecule has 96 valence electrons. The summed E-state index contributed by atoms with van der Waals surface area (Å²) in [6.07, 6.45) is 2.31. The maximum atomic E-state index is 11.8. The summed E-state index contributed by atoms with van der Waals surface area (Å²) < 4.78 is 5.33. The van der Waals surface area contributed by atoms with Crippen molar-refractivity contribution in [2.75, 3.05) is 0 Å². The molecule has 0 radical (unpaired) electrons. The Labute approximate surface area is 104 Å². The molecule has 1 atom stereocenters. The molecule has 0 aromatic carbocycles. The number of aromatic amines is 1. The van der Waals surface area contributed by atoms with E-state index in [1.807, 2.05) is 6.92 Å². The van der Waals surface area contributed by atoms with Gasteiger partial charge in [-0.2, -0.15) is 0 Å². The van der Waals surface area contributed by atoms with Crippen LogP contribution in [-0.4, -0.2) is 26.1 Å². The molecule has 0 spiro atoms. The van der Waals surface area contributed by atoms with E-state index in [4.69, 9.17) is 4.42 Å². The van der Waals surface area contributed by atoms with Crippen molar-refractivity contribution in [2.45, 2.75) is 33.2 Å². The largest absolute Gasteiger partial charge is 0.444 e. The van der Waals surface area contributed by atoms with Crippen molar-refractivity contribution in [1.29, 1.82) is 0 Å². The lowest BCUT2D eigenvalue weighted by atomic mass is 10.3. The summed E-state index contributed by atoms with van der Waals surface area (Å²) in [7, 11) is 0. The van der Waals surface area contributed by atoms with Gasteiger partial charge in [-0.05, 0) is 13.8 Å². The van der Waals surface area contributed by atoms with Gasteiger partial charge in [0, 0.05) is 6.42 Å². The molecule has 0 aliphatic carbocycles. The molecule has 2 N–H and O–H groups in total. The molecule has 0 fully saturated rings. The van der Waals surface area contributed by atoms with E-state index in [0.717, 1.165) is 0 Å². The molecule has 2 rings (SSSR count). The molecule has 0 saturated heterocycles. The Morgan fingerprint density at radius 2 is 2.39 bits per heavy atom. The minimum absolute atomic E-state index is 0.127. The topological polar surface area (TPSA) is 96.7 Å². The third kappa shape index (κ3) is 2.55. The SMILES string of the molecule is CCc1nc(C(=O)NC(C)c2ncc(C)o2)n[nH]1. The maximum absolute atomic E-state index is 11.8. The lowest BCUT2D eigenvalue weighted by Gasteiger charge is -2.07. The van der Waals surface area contributed by atoms with Crippen LogP contribution in [0.4, 0.5) is 0 Å². The Bertz CT molecular complexity index is 545. The summed E-state index contributed by atoms with van der Waals surface area (Å²) in [4.78, 5) is 19.9. The monoisotopic (exact) mass is 249 g/mol. The number of hydrogen-bond acceptors (Lipinski definition) is 5. The lowest BCUT2D eigenvalue weighted by Crippen LogP contribution is -2.27. The number of nitrogens with zero attached hydrogens (tertiary/aromatic N) is 3. The molecule has 0 saturated carbocycles. The predicted octanol–water partition coefficient (Wildman–Crippen LogP) is 1.15. The van der Waals surface area contributed by atoms with Crippen molar-refractivity contribution in [3.8, 4) is 0 Å². The van der Waals surface area contributed by atoms with Crippen molar-refractivity contribution in [3.63, 3.8) is 0 Å². The van der Waals surface area contributed by atoms with Crippen LogP contribution in [0.5, 0.6) is 0 Å². The molecular formula is C11H15N5O2. The van der Waals surface area contributed by atoms with E-state index in [0.29, 0.717) is 23.9 Å². The summed E-state index contributed by atoms with van der Waals surface area (Å²) in [6, 6.07) is -0.324.